The van der Waals surface area contributed by atoms with E-state index >= 15 is 0 Å². The van der Waals surface area contributed by atoms with Gasteiger partial charge in [-0.3, -0.25) is 9.79 Å². The van der Waals surface area contributed by atoms with E-state index in [2.05, 4.69) is 0 Å². The Morgan fingerprint density at radius 3 is 1.76 bits per heavy atom. The molecule has 0 bridgehead atoms. The minimum absolute atomic E-state index is 0.400. The Kier molecular flexibility index (Phi) is 7.71. The van der Waals surface area contributed by atoms with Crippen LogP contribution < -0.4 is 0 Å². The molecule has 0 spiro atoms. The van der Waals surface area contributed by atoms with Crippen LogP contribution >= 0.6 is 0 Å². The maximum Gasteiger partial charge on any atom is 0.332 e. The Labute approximate surface area is 172 Å². The Morgan fingerprint density at radius 2 is 1.38 bits per heavy atom. The largest absolute Gasteiger partial charge is 0.469 e. The lowest BCUT2D eigenvalue weighted by molar-refractivity contribution is -0.162. The SMILES string of the molecule is CC[C@H](C(=O)OC)[C@H](N=C(c1ccccc1)c1ccccc1)C(=O)OC(C)(C)C. The van der Waals surface area contributed by atoms with Crippen molar-refractivity contribution in [3.05, 3.63) is 71.8 Å². The summed E-state index contributed by atoms with van der Waals surface area (Å²) in [5, 5.41) is 0. The smallest absolute Gasteiger partial charge is 0.332 e. The Hall–Kier alpha value is -2.95. The van der Waals surface area contributed by atoms with Crippen LogP contribution in [0.5, 0.6) is 0 Å². The normalized spacial score (nSPS) is 13.1. The molecule has 29 heavy (non-hydrogen) atoms. The summed E-state index contributed by atoms with van der Waals surface area (Å²) in [6.45, 7) is 7.21. The van der Waals surface area contributed by atoms with Gasteiger partial charge in [0.1, 0.15) is 5.60 Å². The van der Waals surface area contributed by atoms with Crippen LogP contribution in [-0.4, -0.2) is 36.4 Å². The molecule has 0 saturated heterocycles. The lowest BCUT2D eigenvalue weighted by Crippen LogP contribution is -2.39. The number of carbonyl (C=O) groups excluding carboxylic acids is 2. The highest BCUT2D eigenvalue weighted by Crippen LogP contribution is 2.22. The van der Waals surface area contributed by atoms with Gasteiger partial charge in [0.2, 0.25) is 0 Å². The van der Waals surface area contributed by atoms with Crippen molar-refractivity contribution in [1.29, 1.82) is 0 Å². The predicted octanol–water partition coefficient (Wildman–Crippen LogP) is 4.43. The van der Waals surface area contributed by atoms with Crippen LogP contribution in [-0.2, 0) is 19.1 Å². The second kappa shape index (κ2) is 10.0. The summed E-state index contributed by atoms with van der Waals surface area (Å²) in [6.07, 6.45) is 0.400. The van der Waals surface area contributed by atoms with Crippen LogP contribution in [0.3, 0.4) is 0 Å². The number of carbonyl (C=O) groups is 2. The minimum atomic E-state index is -1.01. The number of benzene rings is 2. The molecule has 0 radical (unpaired) electrons. The molecule has 2 aromatic rings. The summed E-state index contributed by atoms with van der Waals surface area (Å²) in [6, 6.07) is 18.2. The van der Waals surface area contributed by atoms with E-state index < -0.39 is 29.5 Å². The van der Waals surface area contributed by atoms with Crippen LogP contribution in [0, 0.1) is 5.92 Å². The molecule has 0 N–H and O–H groups in total. The summed E-state index contributed by atoms with van der Waals surface area (Å²) >= 11 is 0. The van der Waals surface area contributed by atoms with E-state index in [0.717, 1.165) is 11.1 Å². The van der Waals surface area contributed by atoms with Gasteiger partial charge in [-0.05, 0) is 27.2 Å². The van der Waals surface area contributed by atoms with Crippen molar-refractivity contribution < 1.29 is 19.1 Å². The fourth-order valence-corrected chi connectivity index (χ4v) is 2.99. The first-order chi connectivity index (χ1) is 13.8. The lowest BCUT2D eigenvalue weighted by Gasteiger charge is -2.26. The van der Waals surface area contributed by atoms with Gasteiger partial charge >= 0.3 is 11.9 Å². The zero-order valence-electron chi connectivity index (χ0n) is 17.7. The molecule has 0 saturated carbocycles. The summed E-state index contributed by atoms with van der Waals surface area (Å²) in [7, 11) is 1.32. The number of nitrogens with zero attached hydrogens (tertiary/aromatic N) is 1. The van der Waals surface area contributed by atoms with E-state index in [0.29, 0.717) is 12.1 Å². The summed E-state index contributed by atoms with van der Waals surface area (Å²) in [5.41, 5.74) is 1.64. The number of hydrogen-bond donors (Lipinski definition) is 0. The van der Waals surface area contributed by atoms with Crippen LogP contribution in [0.2, 0.25) is 0 Å². The van der Waals surface area contributed by atoms with Crippen molar-refractivity contribution in [3.63, 3.8) is 0 Å². The molecule has 2 rings (SSSR count). The summed E-state index contributed by atoms with van der Waals surface area (Å²) < 4.78 is 10.5. The predicted molar refractivity (Wildman–Crippen MR) is 114 cm³/mol. The highest BCUT2D eigenvalue weighted by molar-refractivity contribution is 6.13. The molecule has 0 unspecified atom stereocenters. The van der Waals surface area contributed by atoms with Gasteiger partial charge in [-0.25, -0.2) is 4.79 Å². The molecule has 0 fully saturated rings. The first-order valence-electron chi connectivity index (χ1n) is 9.76. The first-order valence-corrected chi connectivity index (χ1v) is 9.76. The molecule has 2 aromatic carbocycles. The van der Waals surface area contributed by atoms with Crippen molar-refractivity contribution >= 4 is 17.7 Å². The summed E-state index contributed by atoms with van der Waals surface area (Å²) in [4.78, 5) is 30.2. The van der Waals surface area contributed by atoms with Crippen molar-refractivity contribution in [3.8, 4) is 0 Å². The van der Waals surface area contributed by atoms with Crippen LogP contribution in [0.15, 0.2) is 65.7 Å². The third-order valence-electron chi connectivity index (χ3n) is 4.34. The maximum absolute atomic E-state index is 13.0. The zero-order valence-corrected chi connectivity index (χ0v) is 17.7. The number of methoxy groups -OCH3 is 1. The molecular formula is C24H29NO4. The highest BCUT2D eigenvalue weighted by Gasteiger charge is 2.36. The molecule has 154 valence electrons. The van der Waals surface area contributed by atoms with E-state index in [1.54, 1.807) is 20.8 Å². The average molecular weight is 395 g/mol. The summed E-state index contributed by atoms with van der Waals surface area (Å²) in [5.74, 6) is -1.76. The molecule has 0 aromatic heterocycles. The number of esters is 2. The molecule has 0 aliphatic carbocycles. The second-order valence-electron chi connectivity index (χ2n) is 7.73. The van der Waals surface area contributed by atoms with Gasteiger partial charge in [0, 0.05) is 11.1 Å². The Balaban J connectivity index is 2.62. The van der Waals surface area contributed by atoms with Gasteiger partial charge in [-0.2, -0.15) is 0 Å². The first kappa shape index (κ1) is 22.3. The lowest BCUT2D eigenvalue weighted by atomic mass is 9.95. The maximum atomic E-state index is 13.0. The van der Waals surface area contributed by atoms with Gasteiger partial charge in [0.15, 0.2) is 6.04 Å². The van der Waals surface area contributed by atoms with Gasteiger partial charge in [0.05, 0.1) is 18.7 Å². The number of aliphatic imine (C=N–C) groups is 1. The third kappa shape index (κ3) is 6.28. The van der Waals surface area contributed by atoms with E-state index in [4.69, 9.17) is 14.5 Å². The monoisotopic (exact) mass is 395 g/mol. The second-order valence-corrected chi connectivity index (χ2v) is 7.73. The third-order valence-corrected chi connectivity index (χ3v) is 4.34. The highest BCUT2D eigenvalue weighted by atomic mass is 16.6. The molecule has 0 aliphatic heterocycles. The minimum Gasteiger partial charge on any atom is -0.469 e. The van der Waals surface area contributed by atoms with E-state index in [-0.39, 0.29) is 0 Å². The van der Waals surface area contributed by atoms with E-state index in [1.165, 1.54) is 7.11 Å². The molecule has 0 amide bonds. The average Bonchev–Trinajstić information content (AvgIpc) is 2.70. The molecule has 2 atom stereocenters. The topological polar surface area (TPSA) is 65.0 Å². The number of hydrogen-bond acceptors (Lipinski definition) is 5. The van der Waals surface area contributed by atoms with Crippen LogP contribution in [0.4, 0.5) is 0 Å². The van der Waals surface area contributed by atoms with Crippen molar-refractivity contribution in [2.75, 3.05) is 7.11 Å². The van der Waals surface area contributed by atoms with Gasteiger partial charge < -0.3 is 9.47 Å². The van der Waals surface area contributed by atoms with Gasteiger partial charge in [0.25, 0.3) is 0 Å². The quantitative estimate of drug-likeness (QED) is 0.514. The van der Waals surface area contributed by atoms with E-state index in [1.807, 2.05) is 67.6 Å². The molecule has 5 heteroatoms. The number of rotatable bonds is 7. The fraction of sp³-hybridized carbons (Fsp3) is 0.375. The molecule has 5 nitrogen and oxygen atoms in total. The standard InChI is InChI=1S/C24H29NO4/c1-6-19(22(26)28-5)21(23(27)29-24(2,3)4)25-20(17-13-9-7-10-14-17)18-15-11-8-12-16-18/h7-16,19,21H,6H2,1-5H3/t19-,21-/m0/s1. The van der Waals surface area contributed by atoms with Crippen LogP contribution in [0.1, 0.15) is 45.2 Å². The van der Waals surface area contributed by atoms with Crippen molar-refractivity contribution in [2.45, 2.75) is 45.8 Å². The fourth-order valence-electron chi connectivity index (χ4n) is 2.99. The van der Waals surface area contributed by atoms with Crippen LogP contribution in [0.25, 0.3) is 0 Å². The number of ether oxygens (including phenoxy) is 2. The van der Waals surface area contributed by atoms with Crippen molar-refractivity contribution in [2.24, 2.45) is 10.9 Å². The van der Waals surface area contributed by atoms with Crippen molar-refractivity contribution in [1.82, 2.24) is 0 Å². The Morgan fingerprint density at radius 1 is 0.897 bits per heavy atom. The van der Waals surface area contributed by atoms with Gasteiger partial charge in [-0.15, -0.1) is 0 Å². The zero-order chi connectivity index (χ0) is 21.4. The molecular weight excluding hydrogens is 366 g/mol. The Bertz CT molecular complexity index is 797. The van der Waals surface area contributed by atoms with E-state index in [9.17, 15) is 9.59 Å². The molecule has 0 heterocycles. The molecule has 0 aliphatic rings. The van der Waals surface area contributed by atoms with Gasteiger partial charge in [-0.1, -0.05) is 67.6 Å².